The van der Waals surface area contributed by atoms with Crippen LogP contribution in [-0.4, -0.2) is 158 Å². The fourth-order valence-electron chi connectivity index (χ4n) is 6.07. The second kappa shape index (κ2) is 25.7. The molecule has 4 atom stereocenters. The van der Waals surface area contributed by atoms with Gasteiger partial charge in [-0.3, -0.25) is 0 Å². The van der Waals surface area contributed by atoms with Gasteiger partial charge in [0.05, 0.1) is 59.7 Å². The Morgan fingerprint density at radius 1 is 0.612 bits per heavy atom. The number of rotatable bonds is 20. The molecule has 4 N–H and O–H groups in total. The van der Waals surface area contributed by atoms with Crippen LogP contribution in [0.1, 0.15) is 87.7 Å². The molecule has 4 aromatic rings. The van der Waals surface area contributed by atoms with E-state index in [4.69, 9.17) is 0 Å². The summed E-state index contributed by atoms with van der Waals surface area (Å²) >= 11 is 0. The minimum absolute atomic E-state index is 0. The summed E-state index contributed by atoms with van der Waals surface area (Å²) in [7, 11) is -4.67. The van der Waals surface area contributed by atoms with Crippen molar-refractivity contribution in [2.75, 3.05) is 35.2 Å². The van der Waals surface area contributed by atoms with E-state index in [0.717, 1.165) is 21.1 Å². The summed E-state index contributed by atoms with van der Waals surface area (Å²) in [6.45, 7) is 7.38. The molecule has 23 heteroatoms. The van der Waals surface area contributed by atoms with Crippen LogP contribution in [0.5, 0.6) is 0 Å². The average molecular weight is 1000 g/mol. The molecule has 0 spiro atoms. The van der Waals surface area contributed by atoms with Gasteiger partial charge in [0, 0.05) is 74.0 Å². The van der Waals surface area contributed by atoms with E-state index in [1.807, 2.05) is 27.7 Å². The molecule has 360 valence electrons. The molecule has 0 aliphatic rings. The van der Waals surface area contributed by atoms with Crippen LogP contribution in [0.2, 0.25) is 0 Å². The Morgan fingerprint density at radius 3 is 1.16 bits per heavy atom. The maximum atomic E-state index is 13.5. The standard InChI is InChI=1S/2C22H28FN3O6S.Ca/c2*1-13(2)20-18(10-9-16(27)11-17(28)12-19(29)30)21(14-5-7-15(23)8-6-14)25-22(24-20)26(3)33(4,31)32;/h2*5-10,13,16-17,27-28H,11-12H2,1-4H3,(H,29,30);/q;;+2/p-2/t2*16-,17+;/m00./s1. The van der Waals surface area contributed by atoms with Crippen molar-refractivity contribution < 1.29 is 65.8 Å². The third-order valence-electron chi connectivity index (χ3n) is 9.62. The van der Waals surface area contributed by atoms with Crippen LogP contribution in [0.25, 0.3) is 34.7 Å². The van der Waals surface area contributed by atoms with E-state index < -0.39 is 80.9 Å². The largest absolute Gasteiger partial charge is 2.00 e. The third kappa shape index (κ3) is 18.1. The first kappa shape index (κ1) is 58.6. The molecule has 0 amide bonds. The predicted octanol–water partition coefficient (Wildman–Crippen LogP) is 1.75. The van der Waals surface area contributed by atoms with Gasteiger partial charge in [-0.1, -0.05) is 52.0 Å². The van der Waals surface area contributed by atoms with Gasteiger partial charge in [-0.05, 0) is 60.4 Å². The number of aliphatic carboxylic acids is 2. The average Bonchev–Trinajstić information content (AvgIpc) is 3.20. The van der Waals surface area contributed by atoms with E-state index in [2.05, 4.69) is 19.9 Å². The van der Waals surface area contributed by atoms with Crippen molar-refractivity contribution in [1.82, 2.24) is 19.9 Å². The molecular weight excluding hydrogens is 947 g/mol. The zero-order valence-electron chi connectivity index (χ0n) is 38.2. The van der Waals surface area contributed by atoms with Crippen LogP contribution in [-0.2, 0) is 29.6 Å². The van der Waals surface area contributed by atoms with Gasteiger partial charge < -0.3 is 40.2 Å². The molecule has 2 heterocycles. The van der Waals surface area contributed by atoms with Gasteiger partial charge in [0.15, 0.2) is 0 Å². The Balaban J connectivity index is 0.000000453. The number of carbonyl (C=O) groups excluding carboxylic acids is 2. The normalized spacial score (nSPS) is 13.7. The number of nitrogens with zero attached hydrogens (tertiary/aromatic N) is 6. The number of aliphatic hydroxyl groups is 4. The number of carboxylic acid groups (broad SMARTS) is 2. The molecule has 0 saturated heterocycles. The number of aliphatic hydroxyl groups excluding tert-OH is 4. The zero-order chi connectivity index (χ0) is 49.8. The zero-order valence-corrected chi connectivity index (χ0v) is 42.1. The summed E-state index contributed by atoms with van der Waals surface area (Å²) in [6, 6.07) is 10.9. The van der Waals surface area contributed by atoms with E-state index in [1.54, 1.807) is 0 Å². The molecule has 0 aliphatic heterocycles. The SMILES string of the molecule is CC(C)c1nc(N(C)S(C)(=O)=O)nc(-c2ccc(F)cc2)c1C=C[C@H](O)C[C@@H](O)CC(=O)[O-].CC(C)c1nc(N(C)S(C)(=O)=O)nc(-c2ccc(F)cc2)c1C=C[C@H](O)C[C@@H](O)CC(=O)[O-].[Ca+2]. The number of benzene rings is 2. The van der Waals surface area contributed by atoms with Crippen molar-refractivity contribution >= 4 is 93.8 Å². The number of carbonyl (C=O) groups is 2. The Kier molecular flexibility index (Phi) is 22.5. The van der Waals surface area contributed by atoms with Crippen molar-refractivity contribution in [2.24, 2.45) is 0 Å². The number of anilines is 2. The Bertz CT molecular complexity index is 2430. The van der Waals surface area contributed by atoms with E-state index in [0.29, 0.717) is 45.0 Å². The van der Waals surface area contributed by atoms with Gasteiger partial charge in [0.25, 0.3) is 0 Å². The van der Waals surface area contributed by atoms with Crippen LogP contribution in [0.3, 0.4) is 0 Å². The fraction of sp³-hybridized carbons (Fsp3) is 0.409. The summed E-state index contributed by atoms with van der Waals surface area (Å²) < 4.78 is 77.1. The summed E-state index contributed by atoms with van der Waals surface area (Å²) in [6.07, 6.45) is 1.16. The molecular formula is C44H54CaF2N6O12S2. The molecule has 2 aromatic heterocycles. The minimum Gasteiger partial charge on any atom is -0.550 e. The molecule has 0 saturated carbocycles. The quantitative estimate of drug-likeness (QED) is 0.0918. The van der Waals surface area contributed by atoms with Crippen molar-refractivity contribution in [3.8, 4) is 22.5 Å². The first-order valence-corrected chi connectivity index (χ1v) is 24.0. The van der Waals surface area contributed by atoms with E-state index in [-0.39, 0.29) is 74.3 Å². The molecule has 0 bridgehead atoms. The van der Waals surface area contributed by atoms with E-state index in [1.165, 1.54) is 86.9 Å². The molecule has 2 aromatic carbocycles. The van der Waals surface area contributed by atoms with Crippen molar-refractivity contribution in [3.63, 3.8) is 0 Å². The first-order valence-electron chi connectivity index (χ1n) is 20.3. The first-order chi connectivity index (χ1) is 30.6. The number of aromatic nitrogens is 4. The van der Waals surface area contributed by atoms with E-state index >= 15 is 0 Å². The van der Waals surface area contributed by atoms with Crippen LogP contribution >= 0.6 is 0 Å². The van der Waals surface area contributed by atoms with Gasteiger partial charge in [0.1, 0.15) is 11.6 Å². The number of carboxylic acids is 2. The topological polar surface area (TPSA) is 287 Å². The molecule has 0 fully saturated rings. The Hall–Kier alpha value is -4.52. The van der Waals surface area contributed by atoms with Crippen LogP contribution in [0, 0.1) is 11.6 Å². The van der Waals surface area contributed by atoms with Crippen LogP contribution in [0.15, 0.2) is 60.7 Å². The number of halogens is 2. The van der Waals surface area contributed by atoms with Crippen molar-refractivity contribution in [2.45, 2.75) is 89.6 Å². The molecule has 67 heavy (non-hydrogen) atoms. The smallest absolute Gasteiger partial charge is 0.550 e. The van der Waals surface area contributed by atoms with Gasteiger partial charge in [0.2, 0.25) is 31.9 Å². The molecule has 18 nitrogen and oxygen atoms in total. The monoisotopic (exact) mass is 1000 g/mol. The summed E-state index contributed by atoms with van der Waals surface area (Å²) in [5.74, 6) is -4.28. The number of hydrogen-bond donors (Lipinski definition) is 4. The number of hydrogen-bond acceptors (Lipinski definition) is 16. The van der Waals surface area contributed by atoms with E-state index in [9.17, 15) is 65.8 Å². The second-order valence-electron chi connectivity index (χ2n) is 15.9. The van der Waals surface area contributed by atoms with Gasteiger partial charge in [-0.25, -0.2) is 54.2 Å². The van der Waals surface area contributed by atoms with Crippen molar-refractivity contribution in [1.29, 1.82) is 0 Å². The fourth-order valence-corrected chi connectivity index (χ4v) is 6.83. The number of sulfonamides is 2. The molecule has 0 unspecified atom stereocenters. The molecule has 0 aliphatic carbocycles. The van der Waals surface area contributed by atoms with Gasteiger partial charge in [-0.2, -0.15) is 0 Å². The third-order valence-corrected chi connectivity index (χ3v) is 11.9. The Morgan fingerprint density at radius 2 is 0.910 bits per heavy atom. The predicted molar refractivity (Wildman–Crippen MR) is 246 cm³/mol. The summed E-state index contributed by atoms with van der Waals surface area (Å²) in [4.78, 5) is 38.9. The maximum absolute atomic E-state index is 13.5. The van der Waals surface area contributed by atoms with Gasteiger partial charge >= 0.3 is 37.7 Å². The minimum atomic E-state index is -3.66. The van der Waals surface area contributed by atoms with Crippen LogP contribution in [0.4, 0.5) is 20.7 Å². The van der Waals surface area contributed by atoms with Gasteiger partial charge in [-0.15, -0.1) is 0 Å². The summed E-state index contributed by atoms with van der Waals surface area (Å²) in [5.41, 5.74) is 3.52. The van der Waals surface area contributed by atoms with Crippen LogP contribution < -0.4 is 18.8 Å². The molecule has 0 radical (unpaired) electrons. The second-order valence-corrected chi connectivity index (χ2v) is 19.9. The van der Waals surface area contributed by atoms with Crippen molar-refractivity contribution in [3.05, 3.63) is 94.8 Å². The summed E-state index contributed by atoms with van der Waals surface area (Å²) in [5, 5.41) is 61.1. The Labute approximate surface area is 418 Å². The molecule has 4 rings (SSSR count). The maximum Gasteiger partial charge on any atom is 2.00 e.